The van der Waals surface area contributed by atoms with Crippen molar-refractivity contribution in [1.82, 2.24) is 9.55 Å². The number of imidazole rings is 1. The van der Waals surface area contributed by atoms with Gasteiger partial charge in [-0.3, -0.25) is 4.57 Å². The van der Waals surface area contributed by atoms with E-state index in [0.29, 0.717) is 5.95 Å². The largest absolute Gasteiger partial charge is 0.355 e. The number of anilines is 1. The number of hydrogen-bond acceptors (Lipinski definition) is 2. The summed E-state index contributed by atoms with van der Waals surface area (Å²) in [6, 6.07) is 4.09. The van der Waals surface area contributed by atoms with Gasteiger partial charge < -0.3 is 5.32 Å². The lowest BCUT2D eigenvalue weighted by molar-refractivity contribution is 0.504. The van der Waals surface area contributed by atoms with E-state index in [-0.39, 0.29) is 5.69 Å². The van der Waals surface area contributed by atoms with E-state index in [0.717, 1.165) is 25.5 Å². The van der Waals surface area contributed by atoms with E-state index < -0.39 is 11.6 Å². The molecular weight excluding hydrogens is 236 g/mol. The Morgan fingerprint density at radius 3 is 2.94 bits per heavy atom. The maximum absolute atomic E-state index is 13.7. The third-order valence-electron chi connectivity index (χ3n) is 2.64. The summed E-state index contributed by atoms with van der Waals surface area (Å²) in [5.74, 6) is -1.21. The zero-order chi connectivity index (χ0) is 13.0. The van der Waals surface area contributed by atoms with Gasteiger partial charge in [-0.05, 0) is 18.6 Å². The van der Waals surface area contributed by atoms with Crippen LogP contribution < -0.4 is 5.32 Å². The number of nitrogens with one attached hydrogen (secondary N) is 1. The summed E-state index contributed by atoms with van der Waals surface area (Å²) in [5, 5.41) is 3.10. The van der Waals surface area contributed by atoms with Gasteiger partial charge in [-0.25, -0.2) is 13.8 Å². The van der Waals surface area contributed by atoms with Crippen molar-refractivity contribution < 1.29 is 8.78 Å². The van der Waals surface area contributed by atoms with Gasteiger partial charge in [0.2, 0.25) is 5.95 Å². The van der Waals surface area contributed by atoms with Crippen LogP contribution >= 0.6 is 0 Å². The molecule has 0 unspecified atom stereocenters. The number of aromatic nitrogens is 2. The van der Waals surface area contributed by atoms with Crippen LogP contribution in [-0.4, -0.2) is 16.1 Å². The Labute approximate surface area is 104 Å². The van der Waals surface area contributed by atoms with Gasteiger partial charge in [-0.15, -0.1) is 0 Å². The molecule has 0 aliphatic rings. The first-order chi connectivity index (χ1) is 8.74. The van der Waals surface area contributed by atoms with Crippen molar-refractivity contribution in [1.29, 1.82) is 0 Å². The lowest BCUT2D eigenvalue weighted by Crippen LogP contribution is -2.08. The molecule has 1 heterocycles. The first-order valence-corrected chi connectivity index (χ1v) is 5.95. The summed E-state index contributed by atoms with van der Waals surface area (Å²) in [4.78, 5) is 4.10. The topological polar surface area (TPSA) is 29.9 Å². The summed E-state index contributed by atoms with van der Waals surface area (Å²) in [6.45, 7) is 2.84. The van der Waals surface area contributed by atoms with Gasteiger partial charge in [-0.2, -0.15) is 0 Å². The number of benzene rings is 1. The lowest BCUT2D eigenvalue weighted by atomic mass is 10.3. The molecular formula is C13H15F2N3. The highest BCUT2D eigenvalue weighted by Gasteiger charge is 2.12. The summed E-state index contributed by atoms with van der Waals surface area (Å²) in [7, 11) is 0. The van der Waals surface area contributed by atoms with Crippen molar-refractivity contribution in [2.45, 2.75) is 19.8 Å². The molecule has 1 aromatic carbocycles. The Bertz CT molecular complexity index is 523. The Morgan fingerprint density at radius 2 is 2.17 bits per heavy atom. The van der Waals surface area contributed by atoms with Crippen LogP contribution in [-0.2, 0) is 0 Å². The number of hydrogen-bond donors (Lipinski definition) is 1. The molecule has 0 saturated carbocycles. The second-order valence-electron chi connectivity index (χ2n) is 3.97. The van der Waals surface area contributed by atoms with Gasteiger partial charge in [0.1, 0.15) is 0 Å². The summed E-state index contributed by atoms with van der Waals surface area (Å²) < 4.78 is 28.4. The van der Waals surface area contributed by atoms with Gasteiger partial charge in [0.15, 0.2) is 11.6 Å². The monoisotopic (exact) mass is 251 g/mol. The van der Waals surface area contributed by atoms with Gasteiger partial charge in [0.05, 0.1) is 5.69 Å². The summed E-state index contributed by atoms with van der Waals surface area (Å²) in [6.07, 6.45) is 5.21. The normalized spacial score (nSPS) is 10.6. The quantitative estimate of drug-likeness (QED) is 0.826. The minimum Gasteiger partial charge on any atom is -0.355 e. The third-order valence-corrected chi connectivity index (χ3v) is 2.64. The molecule has 2 aromatic rings. The highest BCUT2D eigenvalue weighted by atomic mass is 19.2. The highest BCUT2D eigenvalue weighted by Crippen LogP contribution is 2.19. The van der Waals surface area contributed by atoms with E-state index in [2.05, 4.69) is 17.2 Å². The molecule has 1 aromatic heterocycles. The van der Waals surface area contributed by atoms with Gasteiger partial charge in [-0.1, -0.05) is 19.4 Å². The molecule has 0 bridgehead atoms. The predicted octanol–water partition coefficient (Wildman–Crippen LogP) is 3.36. The van der Waals surface area contributed by atoms with Gasteiger partial charge in [0, 0.05) is 18.9 Å². The molecule has 2 rings (SSSR count). The fourth-order valence-corrected chi connectivity index (χ4v) is 1.68. The Morgan fingerprint density at radius 1 is 1.33 bits per heavy atom. The van der Waals surface area contributed by atoms with Crippen LogP contribution in [0.15, 0.2) is 30.6 Å². The molecule has 0 aliphatic carbocycles. The van der Waals surface area contributed by atoms with Crippen LogP contribution in [0.3, 0.4) is 0 Å². The van der Waals surface area contributed by atoms with Gasteiger partial charge in [0.25, 0.3) is 0 Å². The van der Waals surface area contributed by atoms with Crippen LogP contribution in [0, 0.1) is 11.6 Å². The third kappa shape index (κ3) is 2.50. The molecule has 0 saturated heterocycles. The second-order valence-corrected chi connectivity index (χ2v) is 3.97. The van der Waals surface area contributed by atoms with Crippen LogP contribution in [0.2, 0.25) is 0 Å². The minimum atomic E-state index is -0.867. The average molecular weight is 251 g/mol. The molecule has 0 radical (unpaired) electrons. The fourth-order valence-electron chi connectivity index (χ4n) is 1.68. The van der Waals surface area contributed by atoms with E-state index >= 15 is 0 Å². The lowest BCUT2D eigenvalue weighted by Gasteiger charge is -2.10. The van der Waals surface area contributed by atoms with E-state index in [1.54, 1.807) is 12.4 Å². The number of rotatable bonds is 5. The second kappa shape index (κ2) is 5.62. The van der Waals surface area contributed by atoms with Crippen LogP contribution in [0.5, 0.6) is 0 Å². The van der Waals surface area contributed by atoms with E-state index in [1.807, 2.05) is 0 Å². The Kier molecular flexibility index (Phi) is 3.92. The average Bonchev–Trinajstić information content (AvgIpc) is 2.81. The van der Waals surface area contributed by atoms with E-state index in [9.17, 15) is 8.78 Å². The van der Waals surface area contributed by atoms with Crippen molar-refractivity contribution in [2.24, 2.45) is 0 Å². The van der Waals surface area contributed by atoms with Crippen LogP contribution in [0.25, 0.3) is 5.69 Å². The molecule has 5 heteroatoms. The number of unbranched alkanes of at least 4 members (excludes halogenated alkanes) is 1. The molecule has 0 fully saturated rings. The molecule has 18 heavy (non-hydrogen) atoms. The van der Waals surface area contributed by atoms with Crippen molar-refractivity contribution in [3.05, 3.63) is 42.2 Å². The SMILES string of the molecule is CCCCNc1nccn1-c1cccc(F)c1F. The Hall–Kier alpha value is -1.91. The smallest absolute Gasteiger partial charge is 0.207 e. The zero-order valence-corrected chi connectivity index (χ0v) is 10.2. The van der Waals surface area contributed by atoms with Gasteiger partial charge >= 0.3 is 0 Å². The number of halogens is 2. The van der Waals surface area contributed by atoms with Crippen molar-refractivity contribution in [2.75, 3.05) is 11.9 Å². The standard InChI is InChI=1S/C13H15F2N3/c1-2-3-7-16-13-17-8-9-18(13)11-6-4-5-10(14)12(11)15/h4-6,8-9H,2-3,7H2,1H3,(H,16,17). The van der Waals surface area contributed by atoms with E-state index in [4.69, 9.17) is 0 Å². The fraction of sp³-hybridized carbons (Fsp3) is 0.308. The number of nitrogens with zero attached hydrogens (tertiary/aromatic N) is 2. The summed E-state index contributed by atoms with van der Waals surface area (Å²) in [5.41, 5.74) is 0.159. The zero-order valence-electron chi connectivity index (χ0n) is 10.2. The van der Waals surface area contributed by atoms with Crippen LogP contribution in [0.1, 0.15) is 19.8 Å². The first kappa shape index (κ1) is 12.5. The van der Waals surface area contributed by atoms with E-state index in [1.165, 1.54) is 16.7 Å². The summed E-state index contributed by atoms with van der Waals surface area (Å²) >= 11 is 0. The van der Waals surface area contributed by atoms with Crippen LogP contribution in [0.4, 0.5) is 14.7 Å². The maximum Gasteiger partial charge on any atom is 0.207 e. The van der Waals surface area contributed by atoms with Crippen molar-refractivity contribution >= 4 is 5.95 Å². The molecule has 96 valence electrons. The molecule has 0 atom stereocenters. The van der Waals surface area contributed by atoms with Crippen molar-refractivity contribution in [3.63, 3.8) is 0 Å². The molecule has 0 amide bonds. The predicted molar refractivity (Wildman–Crippen MR) is 66.9 cm³/mol. The minimum absolute atomic E-state index is 0.159. The molecule has 1 N–H and O–H groups in total. The maximum atomic E-state index is 13.7. The van der Waals surface area contributed by atoms with Crippen molar-refractivity contribution in [3.8, 4) is 5.69 Å². The highest BCUT2D eigenvalue weighted by molar-refractivity contribution is 5.42. The molecule has 3 nitrogen and oxygen atoms in total. The first-order valence-electron chi connectivity index (χ1n) is 5.95. The molecule has 0 aliphatic heterocycles. The Balaban J connectivity index is 2.28. The molecule has 0 spiro atoms.